The summed E-state index contributed by atoms with van der Waals surface area (Å²) in [5.74, 6) is -0.0471. The van der Waals surface area contributed by atoms with Crippen LogP contribution in [0.15, 0.2) is 51.9 Å². The maximum atomic E-state index is 11.5. The molecule has 2 aliphatic rings. The molecule has 1 unspecified atom stereocenters. The highest BCUT2D eigenvalue weighted by molar-refractivity contribution is 8.03. The Morgan fingerprint density at radius 2 is 2.06 bits per heavy atom. The van der Waals surface area contributed by atoms with Gasteiger partial charge in [-0.15, -0.1) is 11.6 Å². The lowest BCUT2D eigenvalue weighted by molar-refractivity contribution is -0.113. The number of para-hydroxylation sites is 1. The number of nitrogens with one attached hydrogen (secondary N) is 1. The van der Waals surface area contributed by atoms with Gasteiger partial charge in [0.2, 0.25) is 0 Å². The Morgan fingerprint density at radius 3 is 2.94 bits per heavy atom. The summed E-state index contributed by atoms with van der Waals surface area (Å²) in [6.45, 7) is 0. The van der Waals surface area contributed by atoms with Gasteiger partial charge in [-0.05, 0) is 24.3 Å². The summed E-state index contributed by atoms with van der Waals surface area (Å²) < 4.78 is 0. The van der Waals surface area contributed by atoms with Crippen molar-refractivity contribution in [3.8, 4) is 0 Å². The molecule has 16 heavy (non-hydrogen) atoms. The molecule has 0 amide bonds. The van der Waals surface area contributed by atoms with Gasteiger partial charge in [0.05, 0.1) is 11.4 Å². The Morgan fingerprint density at radius 1 is 1.25 bits per heavy atom. The fourth-order valence-electron chi connectivity index (χ4n) is 1.73. The minimum Gasteiger partial charge on any atom is -0.354 e. The van der Waals surface area contributed by atoms with E-state index in [0.717, 1.165) is 21.2 Å². The highest BCUT2D eigenvalue weighted by atomic mass is 35.5. The van der Waals surface area contributed by atoms with Crippen molar-refractivity contribution in [2.24, 2.45) is 0 Å². The fraction of sp³-hybridized carbons (Fsp3) is 0.0833. The van der Waals surface area contributed by atoms with Crippen LogP contribution >= 0.6 is 23.4 Å². The predicted octanol–water partition coefficient (Wildman–Crippen LogP) is 3.16. The molecule has 1 heterocycles. The monoisotopic (exact) mass is 249 g/mol. The summed E-state index contributed by atoms with van der Waals surface area (Å²) in [6, 6.07) is 7.99. The minimum atomic E-state index is -0.550. The number of anilines is 1. The zero-order valence-electron chi connectivity index (χ0n) is 8.24. The first-order valence-electron chi connectivity index (χ1n) is 4.90. The summed E-state index contributed by atoms with van der Waals surface area (Å²) in [4.78, 5) is 13.5. The molecule has 1 aliphatic carbocycles. The molecule has 1 aliphatic heterocycles. The van der Waals surface area contributed by atoms with Crippen LogP contribution in [0.4, 0.5) is 5.69 Å². The number of carbonyl (C=O) groups excluding carboxylic acids is 1. The molecule has 0 aromatic heterocycles. The van der Waals surface area contributed by atoms with Crippen LogP contribution in [0.3, 0.4) is 0 Å². The molecule has 3 rings (SSSR count). The average molecular weight is 250 g/mol. The Balaban J connectivity index is 2.05. The van der Waals surface area contributed by atoms with Gasteiger partial charge in [-0.25, -0.2) is 0 Å². The van der Waals surface area contributed by atoms with E-state index in [4.69, 9.17) is 11.6 Å². The lowest BCUT2D eigenvalue weighted by atomic mass is 10.1. The molecular formula is C12H8ClNOS. The quantitative estimate of drug-likeness (QED) is 0.716. The Hall–Kier alpha value is -1.19. The van der Waals surface area contributed by atoms with Crippen LogP contribution in [0.1, 0.15) is 0 Å². The third-order valence-electron chi connectivity index (χ3n) is 2.54. The molecule has 0 fully saturated rings. The standard InChI is InChI=1S/C12H8ClNOS/c13-11-9(15)6-5-8-12(11)16-10-4-2-1-3-7(10)14-8/h1-6,11,14H. The van der Waals surface area contributed by atoms with E-state index in [1.165, 1.54) is 6.08 Å². The van der Waals surface area contributed by atoms with Gasteiger partial charge in [0.25, 0.3) is 0 Å². The zero-order chi connectivity index (χ0) is 11.1. The van der Waals surface area contributed by atoms with E-state index >= 15 is 0 Å². The van der Waals surface area contributed by atoms with Crippen molar-refractivity contribution >= 4 is 34.8 Å². The second-order valence-corrected chi connectivity index (χ2v) is 5.12. The van der Waals surface area contributed by atoms with Crippen LogP contribution in [0.2, 0.25) is 0 Å². The van der Waals surface area contributed by atoms with Crippen LogP contribution in [0, 0.1) is 0 Å². The zero-order valence-corrected chi connectivity index (χ0v) is 9.81. The summed E-state index contributed by atoms with van der Waals surface area (Å²) >= 11 is 7.65. The molecule has 1 N–H and O–H groups in total. The van der Waals surface area contributed by atoms with Crippen LogP contribution in [0.25, 0.3) is 0 Å². The topological polar surface area (TPSA) is 29.1 Å². The predicted molar refractivity (Wildman–Crippen MR) is 66.7 cm³/mol. The van der Waals surface area contributed by atoms with E-state index < -0.39 is 5.38 Å². The third-order valence-corrected chi connectivity index (χ3v) is 4.35. The molecule has 0 bridgehead atoms. The smallest absolute Gasteiger partial charge is 0.178 e. The van der Waals surface area contributed by atoms with Gasteiger partial charge in [-0.1, -0.05) is 23.9 Å². The van der Waals surface area contributed by atoms with Crippen LogP contribution < -0.4 is 5.32 Å². The van der Waals surface area contributed by atoms with E-state index in [2.05, 4.69) is 5.32 Å². The highest BCUT2D eigenvalue weighted by Gasteiger charge is 2.29. The lowest BCUT2D eigenvalue weighted by Gasteiger charge is -2.26. The number of thioether (sulfide) groups is 1. The van der Waals surface area contributed by atoms with Gasteiger partial charge in [-0.3, -0.25) is 4.79 Å². The number of ketones is 1. The molecule has 0 saturated carbocycles. The molecular weight excluding hydrogens is 242 g/mol. The van der Waals surface area contributed by atoms with E-state index in [1.807, 2.05) is 24.3 Å². The van der Waals surface area contributed by atoms with E-state index in [1.54, 1.807) is 17.8 Å². The maximum absolute atomic E-state index is 11.5. The molecule has 0 radical (unpaired) electrons. The number of alkyl halides is 1. The van der Waals surface area contributed by atoms with Gasteiger partial charge < -0.3 is 5.32 Å². The number of carbonyl (C=O) groups is 1. The second-order valence-electron chi connectivity index (χ2n) is 3.60. The maximum Gasteiger partial charge on any atom is 0.178 e. The van der Waals surface area contributed by atoms with Crippen molar-refractivity contribution in [3.63, 3.8) is 0 Å². The molecule has 80 valence electrons. The number of benzene rings is 1. The number of hydrogen-bond donors (Lipinski definition) is 1. The lowest BCUT2D eigenvalue weighted by Crippen LogP contribution is -2.22. The van der Waals surface area contributed by atoms with Crippen LogP contribution in [0.5, 0.6) is 0 Å². The van der Waals surface area contributed by atoms with E-state index in [0.29, 0.717) is 0 Å². The number of hydrogen-bond acceptors (Lipinski definition) is 3. The van der Waals surface area contributed by atoms with Crippen molar-refractivity contribution in [1.82, 2.24) is 0 Å². The van der Waals surface area contributed by atoms with Crippen molar-refractivity contribution in [2.45, 2.75) is 10.3 Å². The van der Waals surface area contributed by atoms with E-state index in [-0.39, 0.29) is 5.78 Å². The van der Waals surface area contributed by atoms with Crippen molar-refractivity contribution in [2.75, 3.05) is 5.32 Å². The van der Waals surface area contributed by atoms with E-state index in [9.17, 15) is 4.79 Å². The van der Waals surface area contributed by atoms with Gasteiger partial charge in [0.15, 0.2) is 5.78 Å². The van der Waals surface area contributed by atoms with Crippen molar-refractivity contribution < 1.29 is 4.79 Å². The molecule has 4 heteroatoms. The van der Waals surface area contributed by atoms with Crippen molar-refractivity contribution in [1.29, 1.82) is 0 Å². The molecule has 2 nitrogen and oxygen atoms in total. The molecule has 0 saturated heterocycles. The fourth-order valence-corrected chi connectivity index (χ4v) is 3.12. The SMILES string of the molecule is O=C1C=CC2=C(Sc3ccccc3N2)C1Cl. The average Bonchev–Trinajstić information content (AvgIpc) is 2.32. The second kappa shape index (κ2) is 3.68. The summed E-state index contributed by atoms with van der Waals surface area (Å²) in [7, 11) is 0. The first kappa shape index (κ1) is 10.00. The van der Waals surface area contributed by atoms with Gasteiger partial charge in [-0.2, -0.15) is 0 Å². The van der Waals surface area contributed by atoms with Gasteiger partial charge >= 0.3 is 0 Å². The molecule has 1 aromatic rings. The largest absolute Gasteiger partial charge is 0.354 e. The first-order valence-corrected chi connectivity index (χ1v) is 6.15. The molecule has 1 aromatic carbocycles. The van der Waals surface area contributed by atoms with Gasteiger partial charge in [0, 0.05) is 9.80 Å². The highest BCUT2D eigenvalue weighted by Crippen LogP contribution is 2.43. The summed E-state index contributed by atoms with van der Waals surface area (Å²) in [5, 5.41) is 2.74. The Bertz CT molecular complexity index is 536. The Labute approximate surface area is 102 Å². The summed E-state index contributed by atoms with van der Waals surface area (Å²) in [6.07, 6.45) is 3.32. The minimum absolute atomic E-state index is 0.0471. The molecule has 1 atom stereocenters. The number of halogens is 1. The molecule has 0 spiro atoms. The summed E-state index contributed by atoms with van der Waals surface area (Å²) in [5.41, 5.74) is 2.00. The number of allylic oxidation sites excluding steroid dienone is 3. The number of rotatable bonds is 0. The van der Waals surface area contributed by atoms with Crippen LogP contribution in [-0.4, -0.2) is 11.2 Å². The van der Waals surface area contributed by atoms with Crippen LogP contribution in [-0.2, 0) is 4.79 Å². The number of fused-ring (bicyclic) bond motifs is 1. The van der Waals surface area contributed by atoms with Gasteiger partial charge in [0.1, 0.15) is 5.38 Å². The van der Waals surface area contributed by atoms with Crippen molar-refractivity contribution in [3.05, 3.63) is 47.0 Å². The normalized spacial score (nSPS) is 22.6. The third kappa shape index (κ3) is 1.47. The Kier molecular flexibility index (Phi) is 2.30. The first-order chi connectivity index (χ1) is 7.75.